The molecular formula is C15H14N2O5S. The lowest BCUT2D eigenvalue weighted by molar-refractivity contribution is -0.387. The van der Waals surface area contributed by atoms with Crippen LogP contribution in [0.1, 0.15) is 12.0 Å². The molecule has 2 aromatic carbocycles. The molecule has 120 valence electrons. The van der Waals surface area contributed by atoms with Gasteiger partial charge in [0, 0.05) is 18.2 Å². The van der Waals surface area contributed by atoms with Gasteiger partial charge in [-0.25, -0.2) is 8.42 Å². The van der Waals surface area contributed by atoms with Crippen LogP contribution in [0.15, 0.2) is 46.2 Å². The number of sulfone groups is 1. The normalized spacial score (nSPS) is 13.9. The zero-order valence-corrected chi connectivity index (χ0v) is 12.8. The molecule has 1 aliphatic rings. The Hall–Kier alpha value is -2.61. The van der Waals surface area contributed by atoms with E-state index in [2.05, 4.69) is 5.32 Å². The third kappa shape index (κ3) is 2.50. The first-order chi connectivity index (χ1) is 10.9. The topological polar surface area (TPSA) is 110 Å². The molecule has 1 aliphatic heterocycles. The van der Waals surface area contributed by atoms with E-state index in [0.29, 0.717) is 24.2 Å². The van der Waals surface area contributed by atoms with E-state index in [1.807, 2.05) is 0 Å². The predicted octanol–water partition coefficient (Wildman–Crippen LogP) is 2.49. The molecule has 0 fully saturated rings. The van der Waals surface area contributed by atoms with Gasteiger partial charge in [-0.3, -0.25) is 10.1 Å². The van der Waals surface area contributed by atoms with Crippen molar-refractivity contribution >= 4 is 21.2 Å². The molecule has 0 amide bonds. The van der Waals surface area contributed by atoms with Gasteiger partial charge in [0.05, 0.1) is 15.5 Å². The summed E-state index contributed by atoms with van der Waals surface area (Å²) in [7, 11) is -4.09. The summed E-state index contributed by atoms with van der Waals surface area (Å²) < 4.78 is 25.8. The molecule has 0 aliphatic carbocycles. The number of nitrogens with one attached hydrogen (secondary N) is 1. The first-order valence-corrected chi connectivity index (χ1v) is 8.48. The third-order valence-electron chi connectivity index (χ3n) is 3.80. The molecule has 0 spiro atoms. The number of nitro benzene ring substituents is 1. The number of phenols is 1. The highest BCUT2D eigenvalue weighted by atomic mass is 32.2. The van der Waals surface area contributed by atoms with Crippen LogP contribution in [0.5, 0.6) is 5.75 Å². The van der Waals surface area contributed by atoms with Crippen molar-refractivity contribution in [3.63, 3.8) is 0 Å². The van der Waals surface area contributed by atoms with Gasteiger partial charge in [0.15, 0.2) is 0 Å². The van der Waals surface area contributed by atoms with Crippen molar-refractivity contribution in [2.75, 3.05) is 11.9 Å². The smallest absolute Gasteiger partial charge is 0.288 e. The summed E-state index contributed by atoms with van der Waals surface area (Å²) >= 11 is 0. The summed E-state index contributed by atoms with van der Waals surface area (Å²) in [5.41, 5.74) is 0.385. The van der Waals surface area contributed by atoms with E-state index in [1.54, 1.807) is 0 Å². The molecule has 1 heterocycles. The zero-order chi connectivity index (χ0) is 16.6. The SMILES string of the molecule is O=[N+]([O-])c1ccccc1S(=O)(=O)c1ccc(O)c2c1NCCC2. The molecule has 0 bridgehead atoms. The Morgan fingerprint density at radius 2 is 1.87 bits per heavy atom. The highest BCUT2D eigenvalue weighted by molar-refractivity contribution is 7.91. The average molecular weight is 334 g/mol. The van der Waals surface area contributed by atoms with Crippen molar-refractivity contribution < 1.29 is 18.4 Å². The minimum atomic E-state index is -4.09. The van der Waals surface area contributed by atoms with Crippen LogP contribution in [0.2, 0.25) is 0 Å². The second kappa shape index (κ2) is 5.54. The summed E-state index contributed by atoms with van der Waals surface area (Å²) in [5.74, 6) is 0.0220. The Morgan fingerprint density at radius 1 is 1.13 bits per heavy atom. The summed E-state index contributed by atoms with van der Waals surface area (Å²) in [4.78, 5) is 10.0. The lowest BCUT2D eigenvalue weighted by atomic mass is 10.0. The quantitative estimate of drug-likeness (QED) is 0.659. The fourth-order valence-electron chi connectivity index (χ4n) is 2.72. The Balaban J connectivity index is 2.25. The van der Waals surface area contributed by atoms with Gasteiger partial charge in [0.1, 0.15) is 10.6 Å². The van der Waals surface area contributed by atoms with Gasteiger partial charge in [-0.15, -0.1) is 0 Å². The molecule has 7 nitrogen and oxygen atoms in total. The maximum atomic E-state index is 12.9. The van der Waals surface area contributed by atoms with Crippen LogP contribution < -0.4 is 5.32 Å². The average Bonchev–Trinajstić information content (AvgIpc) is 2.55. The number of para-hydroxylation sites is 1. The molecule has 3 rings (SSSR count). The summed E-state index contributed by atoms with van der Waals surface area (Å²) in [6.45, 7) is 0.579. The van der Waals surface area contributed by atoms with Crippen LogP contribution >= 0.6 is 0 Å². The number of hydrogen-bond donors (Lipinski definition) is 2. The number of anilines is 1. The highest BCUT2D eigenvalue weighted by Gasteiger charge is 2.31. The molecule has 0 unspecified atom stereocenters. The fraction of sp³-hybridized carbons (Fsp3) is 0.200. The van der Waals surface area contributed by atoms with Crippen molar-refractivity contribution in [3.05, 3.63) is 52.1 Å². The Bertz CT molecular complexity index is 893. The van der Waals surface area contributed by atoms with Crippen LogP contribution in [0, 0.1) is 10.1 Å². The van der Waals surface area contributed by atoms with Crippen LogP contribution in [0.25, 0.3) is 0 Å². The van der Waals surface area contributed by atoms with E-state index in [9.17, 15) is 23.6 Å². The maximum absolute atomic E-state index is 12.9. The monoisotopic (exact) mass is 334 g/mol. The van der Waals surface area contributed by atoms with Crippen molar-refractivity contribution in [1.82, 2.24) is 0 Å². The fourth-order valence-corrected chi connectivity index (χ4v) is 4.34. The molecule has 0 atom stereocenters. The Labute approximate surface area is 132 Å². The number of phenolic OH excluding ortho intramolecular Hbond substituents is 1. The molecule has 0 aromatic heterocycles. The van der Waals surface area contributed by atoms with Gasteiger partial charge in [-0.1, -0.05) is 12.1 Å². The van der Waals surface area contributed by atoms with Crippen LogP contribution in [-0.2, 0) is 16.3 Å². The van der Waals surface area contributed by atoms with Gasteiger partial charge in [-0.05, 0) is 31.0 Å². The number of rotatable bonds is 3. The van der Waals surface area contributed by atoms with Crippen LogP contribution in [0.3, 0.4) is 0 Å². The van der Waals surface area contributed by atoms with Gasteiger partial charge in [0.2, 0.25) is 9.84 Å². The zero-order valence-electron chi connectivity index (χ0n) is 12.0. The van der Waals surface area contributed by atoms with E-state index in [-0.39, 0.29) is 15.5 Å². The van der Waals surface area contributed by atoms with Gasteiger partial charge < -0.3 is 10.4 Å². The number of nitro groups is 1. The van der Waals surface area contributed by atoms with E-state index in [1.165, 1.54) is 30.3 Å². The third-order valence-corrected chi connectivity index (χ3v) is 5.64. The number of benzene rings is 2. The second-order valence-electron chi connectivity index (χ2n) is 5.19. The minimum Gasteiger partial charge on any atom is -0.508 e. The summed E-state index contributed by atoms with van der Waals surface area (Å²) in [6.07, 6.45) is 1.32. The lowest BCUT2D eigenvalue weighted by Crippen LogP contribution is -2.16. The molecule has 8 heteroatoms. The molecule has 2 N–H and O–H groups in total. The van der Waals surface area contributed by atoms with Crippen molar-refractivity contribution in [2.45, 2.75) is 22.6 Å². The largest absolute Gasteiger partial charge is 0.508 e. The number of nitrogens with zero attached hydrogens (tertiary/aromatic N) is 1. The van der Waals surface area contributed by atoms with Gasteiger partial charge in [0.25, 0.3) is 5.69 Å². The molecule has 0 radical (unpaired) electrons. The van der Waals surface area contributed by atoms with Crippen molar-refractivity contribution in [3.8, 4) is 5.75 Å². The van der Waals surface area contributed by atoms with Gasteiger partial charge >= 0.3 is 0 Å². The molecule has 0 saturated heterocycles. The van der Waals surface area contributed by atoms with Crippen LogP contribution in [-0.4, -0.2) is 25.0 Å². The Morgan fingerprint density at radius 3 is 2.61 bits per heavy atom. The van der Waals surface area contributed by atoms with Crippen LogP contribution in [0.4, 0.5) is 11.4 Å². The van der Waals surface area contributed by atoms with E-state index in [0.717, 1.165) is 12.5 Å². The van der Waals surface area contributed by atoms with E-state index in [4.69, 9.17) is 0 Å². The highest BCUT2D eigenvalue weighted by Crippen LogP contribution is 2.39. The second-order valence-corrected chi connectivity index (χ2v) is 7.08. The predicted molar refractivity (Wildman–Crippen MR) is 83.5 cm³/mol. The van der Waals surface area contributed by atoms with Crippen molar-refractivity contribution in [1.29, 1.82) is 0 Å². The molecule has 2 aromatic rings. The number of aromatic hydroxyl groups is 1. The van der Waals surface area contributed by atoms with E-state index >= 15 is 0 Å². The van der Waals surface area contributed by atoms with Gasteiger partial charge in [-0.2, -0.15) is 0 Å². The summed E-state index contributed by atoms with van der Waals surface area (Å²) in [5, 5.41) is 24.0. The molecule has 0 saturated carbocycles. The Kier molecular flexibility index (Phi) is 3.69. The standard InChI is InChI=1S/C15H14N2O5S/c18-12-7-8-14(15-10(12)4-3-9-16-15)23(21,22)13-6-2-1-5-11(13)17(19)20/h1-2,5-8,16,18H,3-4,9H2. The number of fused-ring (bicyclic) bond motifs is 1. The first kappa shape index (κ1) is 15.3. The maximum Gasteiger partial charge on any atom is 0.288 e. The molecular weight excluding hydrogens is 320 g/mol. The van der Waals surface area contributed by atoms with Crippen molar-refractivity contribution in [2.24, 2.45) is 0 Å². The lowest BCUT2D eigenvalue weighted by Gasteiger charge is -2.22. The number of hydrogen-bond acceptors (Lipinski definition) is 6. The minimum absolute atomic E-state index is 0.0220. The first-order valence-electron chi connectivity index (χ1n) is 7.00. The van der Waals surface area contributed by atoms with E-state index < -0.39 is 20.4 Å². The molecule has 23 heavy (non-hydrogen) atoms. The summed E-state index contributed by atoms with van der Waals surface area (Å²) in [6, 6.07) is 7.83.